The Morgan fingerprint density at radius 2 is 1.08 bits per heavy atom. The molecule has 0 aliphatic carbocycles. The van der Waals surface area contributed by atoms with E-state index in [4.69, 9.17) is 11.5 Å². The number of hydrogen-bond donors (Lipinski definition) is 2. The summed E-state index contributed by atoms with van der Waals surface area (Å²) in [5.74, 6) is 0. The zero-order valence-corrected chi connectivity index (χ0v) is 7.71. The highest BCUT2D eigenvalue weighted by atomic mass is 14.5. The van der Waals surface area contributed by atoms with Gasteiger partial charge in [-0.15, -0.1) is 0 Å². The summed E-state index contributed by atoms with van der Waals surface area (Å²) >= 11 is 0. The van der Waals surface area contributed by atoms with Crippen molar-refractivity contribution in [3.63, 3.8) is 0 Å². The highest BCUT2D eigenvalue weighted by molar-refractivity contribution is 4.84. The number of hydrogen-bond acceptors (Lipinski definition) is 2. The second-order valence-corrected chi connectivity index (χ2v) is 2.70. The molecule has 0 radical (unpaired) electrons. The molecular weight excluding hydrogens is 148 g/mol. The van der Waals surface area contributed by atoms with Crippen LogP contribution in [0, 0.1) is 0 Å². The van der Waals surface area contributed by atoms with Crippen molar-refractivity contribution in [2.24, 2.45) is 11.5 Å². The van der Waals surface area contributed by atoms with Crippen molar-refractivity contribution in [1.29, 1.82) is 0 Å². The van der Waals surface area contributed by atoms with Crippen molar-refractivity contribution in [2.75, 3.05) is 13.1 Å². The Hall–Kier alpha value is -0.600. The van der Waals surface area contributed by atoms with E-state index in [2.05, 4.69) is 12.2 Å². The van der Waals surface area contributed by atoms with Gasteiger partial charge in [0.05, 0.1) is 0 Å². The molecule has 2 nitrogen and oxygen atoms in total. The molecule has 0 aliphatic heterocycles. The fraction of sp³-hybridized carbons (Fsp3) is 0.600. The molecule has 0 rings (SSSR count). The van der Waals surface area contributed by atoms with Gasteiger partial charge < -0.3 is 11.5 Å². The summed E-state index contributed by atoms with van der Waals surface area (Å²) < 4.78 is 0. The van der Waals surface area contributed by atoms with Crippen molar-refractivity contribution >= 4 is 0 Å². The maximum absolute atomic E-state index is 5.30. The Bertz CT molecular complexity index is 112. The largest absolute Gasteiger partial charge is 0.327 e. The number of allylic oxidation sites excluding steroid dienone is 2. The van der Waals surface area contributed by atoms with Gasteiger partial charge in [0.2, 0.25) is 0 Å². The smallest absolute Gasteiger partial charge is 0.0106 e. The van der Waals surface area contributed by atoms with Crippen LogP contribution in [0.5, 0.6) is 0 Å². The lowest BCUT2D eigenvalue weighted by Crippen LogP contribution is -1.92. The first-order chi connectivity index (χ1) is 5.91. The standard InChI is InChI=1S/C10H20N2/c11-9-7-5-3-1-2-4-6-8-10-12/h5-8H,1-4,9-12H2/b7-5+,8-6+. The van der Waals surface area contributed by atoms with Crippen LogP contribution in [0.15, 0.2) is 24.3 Å². The molecule has 0 bridgehead atoms. The first-order valence-electron chi connectivity index (χ1n) is 4.62. The summed E-state index contributed by atoms with van der Waals surface area (Å²) in [6.07, 6.45) is 13.1. The molecule has 0 saturated heterocycles. The van der Waals surface area contributed by atoms with Gasteiger partial charge in [-0.2, -0.15) is 0 Å². The molecule has 0 amide bonds. The minimum absolute atomic E-state index is 0.660. The second kappa shape index (κ2) is 10.4. The lowest BCUT2D eigenvalue weighted by atomic mass is 10.2. The van der Waals surface area contributed by atoms with E-state index in [-0.39, 0.29) is 0 Å². The highest BCUT2D eigenvalue weighted by Crippen LogP contribution is 2.00. The molecule has 70 valence electrons. The topological polar surface area (TPSA) is 52.0 Å². The van der Waals surface area contributed by atoms with E-state index in [0.717, 1.165) is 12.8 Å². The van der Waals surface area contributed by atoms with E-state index in [9.17, 15) is 0 Å². The van der Waals surface area contributed by atoms with E-state index in [1.807, 2.05) is 12.2 Å². The average molecular weight is 168 g/mol. The molecule has 4 N–H and O–H groups in total. The number of rotatable bonds is 7. The fourth-order valence-corrected chi connectivity index (χ4v) is 0.953. The van der Waals surface area contributed by atoms with Gasteiger partial charge in [-0.25, -0.2) is 0 Å². The minimum Gasteiger partial charge on any atom is -0.327 e. The molecule has 12 heavy (non-hydrogen) atoms. The van der Waals surface area contributed by atoms with Crippen LogP contribution in [0.1, 0.15) is 25.7 Å². The Morgan fingerprint density at radius 3 is 1.42 bits per heavy atom. The van der Waals surface area contributed by atoms with E-state index < -0.39 is 0 Å². The van der Waals surface area contributed by atoms with Gasteiger partial charge in [-0.1, -0.05) is 24.3 Å². The van der Waals surface area contributed by atoms with Crippen LogP contribution >= 0.6 is 0 Å². The SMILES string of the molecule is NC/C=C/CCCC/C=C/CN. The summed E-state index contributed by atoms with van der Waals surface area (Å²) in [7, 11) is 0. The second-order valence-electron chi connectivity index (χ2n) is 2.70. The van der Waals surface area contributed by atoms with Crippen molar-refractivity contribution in [3.8, 4) is 0 Å². The molecule has 0 aromatic heterocycles. The zero-order valence-electron chi connectivity index (χ0n) is 7.71. The summed E-state index contributed by atoms with van der Waals surface area (Å²) in [6.45, 7) is 1.32. The van der Waals surface area contributed by atoms with Crippen LogP contribution < -0.4 is 11.5 Å². The Morgan fingerprint density at radius 1 is 0.667 bits per heavy atom. The third-order valence-corrected chi connectivity index (χ3v) is 1.60. The van der Waals surface area contributed by atoms with Gasteiger partial charge in [0.1, 0.15) is 0 Å². The first-order valence-corrected chi connectivity index (χ1v) is 4.62. The predicted molar refractivity (Wildman–Crippen MR) is 54.9 cm³/mol. The predicted octanol–water partition coefficient (Wildman–Crippen LogP) is 1.58. The minimum atomic E-state index is 0.660. The van der Waals surface area contributed by atoms with Crippen LogP contribution in [-0.4, -0.2) is 13.1 Å². The molecule has 0 atom stereocenters. The molecule has 0 aliphatic rings. The third-order valence-electron chi connectivity index (χ3n) is 1.60. The average Bonchev–Trinajstić information content (AvgIpc) is 2.10. The fourth-order valence-electron chi connectivity index (χ4n) is 0.953. The van der Waals surface area contributed by atoms with E-state index in [0.29, 0.717) is 13.1 Å². The molecule has 0 heterocycles. The van der Waals surface area contributed by atoms with Gasteiger partial charge in [0, 0.05) is 13.1 Å². The molecule has 0 aromatic carbocycles. The van der Waals surface area contributed by atoms with Crippen molar-refractivity contribution in [1.82, 2.24) is 0 Å². The summed E-state index contributed by atoms with van der Waals surface area (Å²) in [5.41, 5.74) is 10.6. The van der Waals surface area contributed by atoms with Gasteiger partial charge in [0.15, 0.2) is 0 Å². The number of unbranched alkanes of at least 4 members (excludes halogenated alkanes) is 3. The van der Waals surface area contributed by atoms with Crippen LogP contribution in [0.25, 0.3) is 0 Å². The third kappa shape index (κ3) is 9.40. The van der Waals surface area contributed by atoms with Crippen LogP contribution in [0.3, 0.4) is 0 Å². The molecule has 0 aromatic rings. The Balaban J connectivity index is 3.00. The summed E-state index contributed by atoms with van der Waals surface area (Å²) in [6, 6.07) is 0. The Labute approximate surface area is 75.3 Å². The van der Waals surface area contributed by atoms with Crippen LogP contribution in [0.4, 0.5) is 0 Å². The monoisotopic (exact) mass is 168 g/mol. The summed E-state index contributed by atoms with van der Waals surface area (Å²) in [5, 5.41) is 0. The molecule has 0 spiro atoms. The molecule has 0 fully saturated rings. The van der Waals surface area contributed by atoms with Crippen molar-refractivity contribution < 1.29 is 0 Å². The maximum atomic E-state index is 5.30. The van der Waals surface area contributed by atoms with Gasteiger partial charge in [0.25, 0.3) is 0 Å². The summed E-state index contributed by atoms with van der Waals surface area (Å²) in [4.78, 5) is 0. The molecule has 2 heteroatoms. The highest BCUT2D eigenvalue weighted by Gasteiger charge is 1.82. The zero-order chi connectivity index (χ0) is 9.07. The lowest BCUT2D eigenvalue weighted by Gasteiger charge is -1.92. The Kier molecular flexibility index (Phi) is 9.88. The first kappa shape index (κ1) is 11.4. The van der Waals surface area contributed by atoms with Crippen molar-refractivity contribution in [3.05, 3.63) is 24.3 Å². The van der Waals surface area contributed by atoms with E-state index in [1.165, 1.54) is 12.8 Å². The van der Waals surface area contributed by atoms with Crippen molar-refractivity contribution in [2.45, 2.75) is 25.7 Å². The van der Waals surface area contributed by atoms with Gasteiger partial charge in [-0.05, 0) is 25.7 Å². The van der Waals surface area contributed by atoms with Crippen LogP contribution in [0.2, 0.25) is 0 Å². The molecular formula is C10H20N2. The van der Waals surface area contributed by atoms with Gasteiger partial charge >= 0.3 is 0 Å². The normalized spacial score (nSPS) is 11.8. The van der Waals surface area contributed by atoms with E-state index >= 15 is 0 Å². The molecule has 0 saturated carbocycles. The number of nitrogens with two attached hydrogens (primary N) is 2. The van der Waals surface area contributed by atoms with Crippen LogP contribution in [-0.2, 0) is 0 Å². The van der Waals surface area contributed by atoms with Gasteiger partial charge in [-0.3, -0.25) is 0 Å². The lowest BCUT2D eigenvalue weighted by molar-refractivity contribution is 0.760. The molecule has 0 unspecified atom stereocenters. The quantitative estimate of drug-likeness (QED) is 0.448. The maximum Gasteiger partial charge on any atom is 0.0106 e. The van der Waals surface area contributed by atoms with E-state index in [1.54, 1.807) is 0 Å².